The molecule has 1 rings (SSSR count). The van der Waals surface area contributed by atoms with Crippen LogP contribution in [0.1, 0.15) is 5.56 Å². The maximum Gasteiger partial charge on any atom is 0.419 e. The van der Waals surface area contributed by atoms with Crippen LogP contribution in [-0.2, 0) is 6.18 Å². The Labute approximate surface area is 80.5 Å². The van der Waals surface area contributed by atoms with Crippen molar-refractivity contribution in [2.75, 3.05) is 0 Å². The molecule has 0 aliphatic rings. The molecule has 0 aromatic carbocycles. The number of hydrogen-bond acceptors (Lipinski definition) is 3. The van der Waals surface area contributed by atoms with Gasteiger partial charge in [0, 0.05) is 6.20 Å². The van der Waals surface area contributed by atoms with Crippen molar-refractivity contribution in [3.05, 3.63) is 32.6 Å². The maximum atomic E-state index is 12.2. The second kappa shape index (κ2) is 3.37. The lowest BCUT2D eigenvalue weighted by molar-refractivity contribution is -0.385. The van der Waals surface area contributed by atoms with Gasteiger partial charge in [-0.05, 0) is 0 Å². The highest BCUT2D eigenvalue weighted by Crippen LogP contribution is 2.32. The number of aromatic amines is 1. The van der Waals surface area contributed by atoms with Crippen molar-refractivity contribution >= 4 is 17.9 Å². The summed E-state index contributed by atoms with van der Waals surface area (Å²) in [6.07, 6.45) is -3.27. The molecule has 0 atom stereocenters. The van der Waals surface area contributed by atoms with Crippen LogP contribution in [0.25, 0.3) is 0 Å². The van der Waals surface area contributed by atoms with Gasteiger partial charge in [-0.2, -0.15) is 13.2 Å². The smallest absolute Gasteiger partial charge is 0.361 e. The van der Waals surface area contributed by atoms with E-state index < -0.39 is 26.9 Å². The number of hydrogen-bond donors (Lipinski definition) is 1. The van der Waals surface area contributed by atoms with E-state index in [-0.39, 0.29) is 0 Å². The molecule has 76 valence electrons. The van der Waals surface area contributed by atoms with Gasteiger partial charge in [-0.3, -0.25) is 10.1 Å². The van der Waals surface area contributed by atoms with Gasteiger partial charge in [0.05, 0.1) is 16.7 Å². The second-order valence-electron chi connectivity index (χ2n) is 2.34. The van der Waals surface area contributed by atoms with Crippen LogP contribution in [-0.4, -0.2) is 9.91 Å². The summed E-state index contributed by atoms with van der Waals surface area (Å²) in [4.78, 5) is 11.3. The SMILES string of the molecule is O=[N+]([O-])c1c[nH]cc(C(F)(F)F)c1=S. The number of aromatic nitrogens is 1. The Morgan fingerprint density at radius 3 is 2.43 bits per heavy atom. The van der Waals surface area contributed by atoms with Crippen LogP contribution in [0.4, 0.5) is 18.9 Å². The van der Waals surface area contributed by atoms with E-state index in [2.05, 4.69) is 12.2 Å². The zero-order valence-electron chi connectivity index (χ0n) is 6.46. The molecule has 0 spiro atoms. The van der Waals surface area contributed by atoms with Gasteiger partial charge < -0.3 is 4.98 Å². The van der Waals surface area contributed by atoms with E-state index in [1.807, 2.05) is 4.98 Å². The lowest BCUT2D eigenvalue weighted by atomic mass is 10.2. The van der Waals surface area contributed by atoms with Crippen LogP contribution in [0.5, 0.6) is 0 Å². The molecule has 0 aliphatic carbocycles. The quantitative estimate of drug-likeness (QED) is 0.453. The molecule has 1 heterocycles. The van der Waals surface area contributed by atoms with Gasteiger partial charge in [-0.1, -0.05) is 12.2 Å². The minimum atomic E-state index is -4.68. The minimum absolute atomic E-state index is 0.593. The van der Waals surface area contributed by atoms with E-state index >= 15 is 0 Å². The van der Waals surface area contributed by atoms with E-state index in [1.54, 1.807) is 0 Å². The molecule has 0 fully saturated rings. The normalized spacial score (nSPS) is 11.4. The zero-order valence-corrected chi connectivity index (χ0v) is 7.28. The van der Waals surface area contributed by atoms with Crippen LogP contribution in [0.15, 0.2) is 12.4 Å². The molecule has 1 aromatic rings. The summed E-state index contributed by atoms with van der Waals surface area (Å²) in [6, 6.07) is 0. The molecular weight excluding hydrogens is 221 g/mol. The topological polar surface area (TPSA) is 58.9 Å². The van der Waals surface area contributed by atoms with Crippen LogP contribution in [0.3, 0.4) is 0 Å². The first-order valence-corrected chi connectivity index (χ1v) is 3.67. The number of nitro groups is 1. The number of nitrogens with one attached hydrogen (secondary N) is 1. The Morgan fingerprint density at radius 2 is 2.00 bits per heavy atom. The van der Waals surface area contributed by atoms with Gasteiger partial charge in [0.25, 0.3) is 0 Å². The predicted molar refractivity (Wildman–Crippen MR) is 43.3 cm³/mol. The van der Waals surface area contributed by atoms with Gasteiger partial charge in [0.1, 0.15) is 4.51 Å². The molecule has 14 heavy (non-hydrogen) atoms. The second-order valence-corrected chi connectivity index (χ2v) is 2.75. The third-order valence-corrected chi connectivity index (χ3v) is 1.86. The number of alkyl halides is 3. The summed E-state index contributed by atoms with van der Waals surface area (Å²) in [5.41, 5.74) is -1.96. The zero-order chi connectivity index (χ0) is 10.9. The third kappa shape index (κ3) is 1.90. The monoisotopic (exact) mass is 224 g/mol. The Hall–Kier alpha value is -1.44. The van der Waals surface area contributed by atoms with E-state index in [4.69, 9.17) is 0 Å². The van der Waals surface area contributed by atoms with E-state index in [0.717, 1.165) is 6.20 Å². The predicted octanol–water partition coefficient (Wildman–Crippen LogP) is 2.67. The standard InChI is InChI=1S/C6H3F3N2O2S/c7-6(8,9)3-1-10-2-4(5(3)14)11(12)13/h1-2H,(H,10,14). The van der Waals surface area contributed by atoms with Gasteiger partial charge in [0.15, 0.2) is 0 Å². The van der Waals surface area contributed by atoms with Crippen molar-refractivity contribution < 1.29 is 18.1 Å². The molecule has 0 amide bonds. The Morgan fingerprint density at radius 1 is 1.43 bits per heavy atom. The van der Waals surface area contributed by atoms with Crippen molar-refractivity contribution in [1.82, 2.24) is 4.98 Å². The lowest BCUT2D eigenvalue weighted by Crippen LogP contribution is -2.07. The summed E-state index contributed by atoms with van der Waals surface area (Å²) >= 11 is 4.33. The van der Waals surface area contributed by atoms with Crippen molar-refractivity contribution in [2.45, 2.75) is 6.18 Å². The fourth-order valence-electron chi connectivity index (χ4n) is 0.819. The van der Waals surface area contributed by atoms with Crippen molar-refractivity contribution in [3.63, 3.8) is 0 Å². The first kappa shape index (κ1) is 10.6. The molecule has 0 unspecified atom stereocenters. The molecule has 4 nitrogen and oxygen atoms in total. The number of pyridine rings is 1. The van der Waals surface area contributed by atoms with Crippen molar-refractivity contribution in [2.24, 2.45) is 0 Å². The van der Waals surface area contributed by atoms with Gasteiger partial charge >= 0.3 is 11.9 Å². The van der Waals surface area contributed by atoms with Crippen LogP contribution in [0.2, 0.25) is 0 Å². The minimum Gasteiger partial charge on any atom is -0.361 e. The largest absolute Gasteiger partial charge is 0.419 e. The third-order valence-electron chi connectivity index (χ3n) is 1.43. The fraction of sp³-hybridized carbons (Fsp3) is 0.167. The highest BCUT2D eigenvalue weighted by molar-refractivity contribution is 7.71. The molecule has 1 aromatic heterocycles. The summed E-state index contributed by atoms with van der Waals surface area (Å²) in [6.45, 7) is 0. The molecule has 0 bridgehead atoms. The molecule has 0 saturated carbocycles. The van der Waals surface area contributed by atoms with Gasteiger partial charge in [-0.25, -0.2) is 0 Å². The summed E-state index contributed by atoms with van der Waals surface area (Å²) < 4.78 is 35.7. The van der Waals surface area contributed by atoms with Gasteiger partial charge in [-0.15, -0.1) is 0 Å². The molecule has 8 heteroatoms. The van der Waals surface area contributed by atoms with Crippen LogP contribution >= 0.6 is 12.2 Å². The Kier molecular flexibility index (Phi) is 2.56. The number of halogens is 3. The van der Waals surface area contributed by atoms with E-state index in [0.29, 0.717) is 6.20 Å². The molecule has 1 N–H and O–H groups in total. The number of H-pyrrole nitrogens is 1. The van der Waals surface area contributed by atoms with Crippen LogP contribution in [0, 0.1) is 14.6 Å². The van der Waals surface area contributed by atoms with Crippen LogP contribution < -0.4 is 0 Å². The highest BCUT2D eigenvalue weighted by Gasteiger charge is 2.34. The average Bonchev–Trinajstić information content (AvgIpc) is 2.01. The average molecular weight is 224 g/mol. The highest BCUT2D eigenvalue weighted by atomic mass is 32.1. The van der Waals surface area contributed by atoms with Gasteiger partial charge in [0.2, 0.25) is 0 Å². The first-order valence-electron chi connectivity index (χ1n) is 3.26. The van der Waals surface area contributed by atoms with Crippen molar-refractivity contribution in [3.8, 4) is 0 Å². The molecule has 0 saturated heterocycles. The number of nitrogens with zero attached hydrogens (tertiary/aromatic N) is 1. The summed E-state index contributed by atoms with van der Waals surface area (Å²) in [5.74, 6) is 0. The van der Waals surface area contributed by atoms with E-state index in [9.17, 15) is 23.3 Å². The van der Waals surface area contributed by atoms with Crippen molar-refractivity contribution in [1.29, 1.82) is 0 Å². The maximum absolute atomic E-state index is 12.2. The lowest BCUT2D eigenvalue weighted by Gasteiger charge is -2.05. The molecule has 0 aliphatic heterocycles. The van der Waals surface area contributed by atoms with E-state index in [1.165, 1.54) is 0 Å². The first-order chi connectivity index (χ1) is 6.34. The summed E-state index contributed by atoms with van der Waals surface area (Å²) in [5, 5.41) is 10.3. The fourth-order valence-corrected chi connectivity index (χ4v) is 1.13. The molecule has 0 radical (unpaired) electrons. The summed E-state index contributed by atoms with van der Waals surface area (Å²) in [7, 11) is 0. The number of rotatable bonds is 1. The Bertz CT molecular complexity index is 426. The molecular formula is C6H3F3N2O2S. The Balaban J connectivity index is 3.44.